The Kier molecular flexibility index (Phi) is 7.48. The number of nitrogens with zero attached hydrogens (tertiary/aromatic N) is 4. The van der Waals surface area contributed by atoms with Crippen molar-refractivity contribution in [2.75, 3.05) is 49.6 Å². The Morgan fingerprint density at radius 2 is 1.80 bits per heavy atom. The highest BCUT2D eigenvalue weighted by molar-refractivity contribution is 8.04. The molecule has 5 atom stereocenters. The minimum Gasteiger partial charge on any atom is -0.477 e. The fourth-order valence-electron chi connectivity index (χ4n) is 6.43. The smallest absolute Gasteiger partial charge is 0.353 e. The molecular weight excluding hydrogens is 556 g/mol. The third-order valence-electron chi connectivity index (χ3n) is 8.90. The van der Waals surface area contributed by atoms with Crippen LogP contribution in [0.15, 0.2) is 22.4 Å². The van der Waals surface area contributed by atoms with E-state index in [0.29, 0.717) is 36.7 Å². The second kappa shape index (κ2) is 10.7. The molecule has 6 rings (SSSR count). The van der Waals surface area contributed by atoms with Gasteiger partial charge in [-0.1, -0.05) is 0 Å². The van der Waals surface area contributed by atoms with Gasteiger partial charge < -0.3 is 45.3 Å². The number of aliphatic hydroxyl groups excluding tert-OH is 3. The first-order valence-corrected chi connectivity index (χ1v) is 15.0. The summed E-state index contributed by atoms with van der Waals surface area (Å²) in [7, 11) is 1.97. The Balaban J connectivity index is 1.34. The monoisotopic (exact) mass is 593 g/mol. The van der Waals surface area contributed by atoms with Crippen LogP contribution in [0.4, 0.5) is 20.2 Å². The van der Waals surface area contributed by atoms with Gasteiger partial charge in [-0.2, -0.15) is 0 Å². The van der Waals surface area contributed by atoms with Crippen molar-refractivity contribution >= 4 is 29.1 Å². The topological polar surface area (TPSA) is 123 Å². The predicted octanol–water partition coefficient (Wildman–Crippen LogP) is 1.73. The number of rotatable bonds is 8. The van der Waals surface area contributed by atoms with E-state index in [9.17, 15) is 25.2 Å². The summed E-state index contributed by atoms with van der Waals surface area (Å²) >= 11 is 1.26. The number of carboxylic acids is 1. The fourth-order valence-corrected chi connectivity index (χ4v) is 8.08. The third kappa shape index (κ3) is 4.70. The maximum Gasteiger partial charge on any atom is 0.353 e. The Morgan fingerprint density at radius 1 is 1.12 bits per heavy atom. The number of piperazine rings is 1. The third-order valence-corrected chi connectivity index (χ3v) is 10.3. The zero-order valence-corrected chi connectivity index (χ0v) is 24.2. The number of anilines is 2. The summed E-state index contributed by atoms with van der Waals surface area (Å²) < 4.78 is 32.7. The number of aliphatic hydroxyl groups is 3. The molecule has 13 heteroatoms. The molecule has 224 valence electrons. The van der Waals surface area contributed by atoms with Gasteiger partial charge in [0.25, 0.3) is 0 Å². The van der Waals surface area contributed by atoms with E-state index in [1.54, 1.807) is 24.9 Å². The van der Waals surface area contributed by atoms with Crippen LogP contribution in [0, 0.1) is 17.6 Å². The second-order valence-electron chi connectivity index (χ2n) is 11.7. The minimum absolute atomic E-state index is 0.0460. The largest absolute Gasteiger partial charge is 0.477 e. The number of fused-ring (bicyclic) bond motifs is 2. The van der Waals surface area contributed by atoms with Crippen LogP contribution in [0.5, 0.6) is 0 Å². The SMILES string of the molecule is CC1=CN(C2CC2)c2c(F)c(N3CCN(C)CC3)c(F)c(CNCC3=C(C(=O)O)N4C(O)[C@H]([C@@H](C)O)[C@H]4S3)c2C1O. The summed E-state index contributed by atoms with van der Waals surface area (Å²) in [5.41, 5.74) is 1.04. The summed E-state index contributed by atoms with van der Waals surface area (Å²) in [6.45, 7) is 5.56. The van der Waals surface area contributed by atoms with Crippen LogP contribution in [0.1, 0.15) is 43.9 Å². The van der Waals surface area contributed by atoms with Gasteiger partial charge in [-0.25, -0.2) is 13.6 Å². The van der Waals surface area contributed by atoms with E-state index in [1.165, 1.54) is 16.7 Å². The van der Waals surface area contributed by atoms with Gasteiger partial charge in [-0.15, -0.1) is 11.8 Å². The molecule has 5 aliphatic rings. The molecule has 4 heterocycles. The average Bonchev–Trinajstić information content (AvgIpc) is 3.70. The van der Waals surface area contributed by atoms with Crippen LogP contribution in [-0.4, -0.2) is 99.7 Å². The molecule has 2 saturated heterocycles. The minimum atomic E-state index is -1.20. The van der Waals surface area contributed by atoms with Crippen molar-refractivity contribution in [3.8, 4) is 0 Å². The lowest BCUT2D eigenvalue weighted by Gasteiger charge is -2.50. The van der Waals surface area contributed by atoms with E-state index in [2.05, 4.69) is 10.2 Å². The first-order valence-electron chi connectivity index (χ1n) is 14.1. The number of benzene rings is 1. The number of halogens is 2. The molecule has 10 nitrogen and oxygen atoms in total. The molecule has 0 radical (unpaired) electrons. The van der Waals surface area contributed by atoms with Gasteiger partial charge in [0.15, 0.2) is 11.6 Å². The highest BCUT2D eigenvalue weighted by Gasteiger charge is 2.57. The molecule has 4 aliphatic heterocycles. The summed E-state index contributed by atoms with van der Waals surface area (Å²) in [6, 6.07) is 0.0910. The molecule has 5 N–H and O–H groups in total. The molecule has 0 amide bonds. The van der Waals surface area contributed by atoms with E-state index in [0.717, 1.165) is 12.8 Å². The average molecular weight is 594 g/mol. The van der Waals surface area contributed by atoms with Crippen molar-refractivity contribution in [1.82, 2.24) is 15.1 Å². The van der Waals surface area contributed by atoms with Crippen molar-refractivity contribution < 1.29 is 34.0 Å². The molecule has 1 aromatic rings. The molecule has 1 aliphatic carbocycles. The van der Waals surface area contributed by atoms with Crippen molar-refractivity contribution in [3.05, 3.63) is 45.1 Å². The Morgan fingerprint density at radius 3 is 2.41 bits per heavy atom. The van der Waals surface area contributed by atoms with Gasteiger partial charge in [0.05, 0.1) is 23.1 Å². The number of hydrogen-bond acceptors (Lipinski definition) is 10. The molecule has 0 bridgehead atoms. The summed E-state index contributed by atoms with van der Waals surface area (Å²) in [4.78, 5) is 19.6. The second-order valence-corrected chi connectivity index (χ2v) is 13.0. The first kappa shape index (κ1) is 28.7. The van der Waals surface area contributed by atoms with Crippen LogP contribution in [0.3, 0.4) is 0 Å². The van der Waals surface area contributed by atoms with Crippen molar-refractivity contribution in [1.29, 1.82) is 0 Å². The van der Waals surface area contributed by atoms with Gasteiger partial charge in [-0.05, 0) is 39.3 Å². The van der Waals surface area contributed by atoms with Crippen LogP contribution in [-0.2, 0) is 11.3 Å². The van der Waals surface area contributed by atoms with Crippen LogP contribution >= 0.6 is 11.8 Å². The number of aliphatic carboxylic acids is 1. The summed E-state index contributed by atoms with van der Waals surface area (Å²) in [5.74, 6) is -3.08. The number of likely N-dealkylation sites (N-methyl/N-ethyl adjacent to an activating group) is 1. The molecule has 41 heavy (non-hydrogen) atoms. The lowest BCUT2D eigenvalue weighted by atomic mass is 9.90. The number of thioether (sulfide) groups is 1. The Hall–Kier alpha value is -2.42. The maximum atomic E-state index is 16.4. The Bertz CT molecular complexity index is 1310. The molecule has 1 aromatic carbocycles. The highest BCUT2D eigenvalue weighted by Crippen LogP contribution is 2.52. The van der Waals surface area contributed by atoms with E-state index in [-0.39, 0.29) is 47.3 Å². The van der Waals surface area contributed by atoms with Crippen molar-refractivity contribution in [3.63, 3.8) is 0 Å². The molecule has 1 saturated carbocycles. The molecule has 3 fully saturated rings. The van der Waals surface area contributed by atoms with Gasteiger partial charge in [-0.3, -0.25) is 0 Å². The van der Waals surface area contributed by atoms with E-state index >= 15 is 8.78 Å². The normalized spacial score (nSPS) is 28.9. The van der Waals surface area contributed by atoms with E-state index < -0.39 is 47.3 Å². The highest BCUT2D eigenvalue weighted by atomic mass is 32.2. The zero-order valence-electron chi connectivity index (χ0n) is 23.3. The quantitative estimate of drug-likeness (QED) is 0.303. The van der Waals surface area contributed by atoms with Crippen molar-refractivity contribution in [2.24, 2.45) is 5.92 Å². The van der Waals surface area contributed by atoms with Gasteiger partial charge in [0.2, 0.25) is 0 Å². The first-order chi connectivity index (χ1) is 19.5. The van der Waals surface area contributed by atoms with Crippen LogP contribution in [0.25, 0.3) is 0 Å². The number of nitrogens with one attached hydrogen (secondary N) is 1. The molecule has 2 unspecified atom stereocenters. The number of hydrogen-bond donors (Lipinski definition) is 5. The van der Waals surface area contributed by atoms with Crippen molar-refractivity contribution in [2.45, 2.75) is 63.1 Å². The van der Waals surface area contributed by atoms with E-state index in [4.69, 9.17) is 0 Å². The van der Waals surface area contributed by atoms with Crippen LogP contribution in [0.2, 0.25) is 0 Å². The standard InChI is InChI=1S/C28H37F2N5O5S/c1-13-12-34(15-4-5-15)23-19(25(13)37)16(20(29)24(21(23)30)33-8-6-32(3)7-9-33)10-31-11-17-22(28(39)40)35-26(38)18(14(2)36)27(35)41-17/h12,14-15,18,25-27,31,36-38H,4-11H2,1-3H3,(H,39,40)/t14-,18+,25?,26?,27-/m1/s1. The maximum absolute atomic E-state index is 16.4. The van der Waals surface area contributed by atoms with Gasteiger partial charge in [0.1, 0.15) is 23.7 Å². The molecule has 0 aromatic heterocycles. The number of carboxylic acid groups (broad SMARTS) is 1. The number of carbonyl (C=O) groups is 1. The predicted molar refractivity (Wildman–Crippen MR) is 151 cm³/mol. The van der Waals surface area contributed by atoms with E-state index in [1.807, 2.05) is 11.9 Å². The van der Waals surface area contributed by atoms with Crippen LogP contribution < -0.4 is 15.1 Å². The molecule has 0 spiro atoms. The summed E-state index contributed by atoms with van der Waals surface area (Å²) in [6.07, 6.45) is 0.426. The van der Waals surface area contributed by atoms with Gasteiger partial charge >= 0.3 is 5.97 Å². The fraction of sp³-hybridized carbons (Fsp3) is 0.607. The lowest BCUT2D eigenvalue weighted by Crippen LogP contribution is -2.63. The van der Waals surface area contributed by atoms with Gasteiger partial charge in [0, 0.05) is 67.5 Å². The lowest BCUT2D eigenvalue weighted by molar-refractivity contribution is -0.167. The summed E-state index contributed by atoms with van der Waals surface area (Å²) in [5, 5.41) is 44.4. The molecular formula is C28H37F2N5O5S. The zero-order chi connectivity index (χ0) is 29.3. The Labute approximate surface area is 241 Å².